The third kappa shape index (κ3) is 3.38. The van der Waals surface area contributed by atoms with Crippen LogP contribution in [0.15, 0.2) is 42.7 Å². The maximum absolute atomic E-state index is 13.8. The normalized spacial score (nSPS) is 12.4. The van der Waals surface area contributed by atoms with E-state index in [9.17, 15) is 4.39 Å². The predicted molar refractivity (Wildman–Crippen MR) is 75.2 cm³/mol. The van der Waals surface area contributed by atoms with Crippen molar-refractivity contribution in [3.63, 3.8) is 0 Å². The van der Waals surface area contributed by atoms with Crippen molar-refractivity contribution in [3.8, 4) is 0 Å². The SMILES string of the molecule is CCC(NCc1ccncc1C)c1ccccc1F. The van der Waals surface area contributed by atoms with E-state index in [0.29, 0.717) is 0 Å². The highest BCUT2D eigenvalue weighted by Gasteiger charge is 2.13. The van der Waals surface area contributed by atoms with Crippen LogP contribution in [0.4, 0.5) is 4.39 Å². The molecule has 3 heteroatoms. The minimum Gasteiger partial charge on any atom is -0.306 e. The molecule has 1 unspecified atom stereocenters. The van der Waals surface area contributed by atoms with Gasteiger partial charge in [0, 0.05) is 30.5 Å². The van der Waals surface area contributed by atoms with Crippen LogP contribution >= 0.6 is 0 Å². The van der Waals surface area contributed by atoms with Crippen molar-refractivity contribution in [2.45, 2.75) is 32.9 Å². The monoisotopic (exact) mass is 258 g/mol. The number of benzene rings is 1. The van der Waals surface area contributed by atoms with Crippen molar-refractivity contribution < 1.29 is 4.39 Å². The van der Waals surface area contributed by atoms with Gasteiger partial charge in [0.1, 0.15) is 5.82 Å². The van der Waals surface area contributed by atoms with Gasteiger partial charge in [0.2, 0.25) is 0 Å². The average Bonchev–Trinajstić information content (AvgIpc) is 2.43. The number of nitrogens with one attached hydrogen (secondary N) is 1. The van der Waals surface area contributed by atoms with Crippen molar-refractivity contribution in [2.24, 2.45) is 0 Å². The molecule has 0 radical (unpaired) electrons. The molecule has 0 aliphatic rings. The van der Waals surface area contributed by atoms with Gasteiger partial charge in [-0.2, -0.15) is 0 Å². The smallest absolute Gasteiger partial charge is 0.127 e. The molecule has 1 aromatic heterocycles. The number of pyridine rings is 1. The summed E-state index contributed by atoms with van der Waals surface area (Å²) < 4.78 is 13.8. The summed E-state index contributed by atoms with van der Waals surface area (Å²) in [5.74, 6) is -0.145. The fourth-order valence-electron chi connectivity index (χ4n) is 2.17. The van der Waals surface area contributed by atoms with Crippen molar-refractivity contribution in [1.29, 1.82) is 0 Å². The Morgan fingerprint density at radius 3 is 2.74 bits per heavy atom. The molecule has 0 amide bonds. The fourth-order valence-corrected chi connectivity index (χ4v) is 2.17. The summed E-state index contributed by atoms with van der Waals surface area (Å²) in [7, 11) is 0. The van der Waals surface area contributed by atoms with Crippen LogP contribution in [0, 0.1) is 12.7 Å². The van der Waals surface area contributed by atoms with Crippen LogP contribution in [-0.4, -0.2) is 4.98 Å². The largest absolute Gasteiger partial charge is 0.306 e. The second kappa shape index (κ2) is 6.43. The molecule has 19 heavy (non-hydrogen) atoms. The Bertz CT molecular complexity index is 540. The van der Waals surface area contributed by atoms with E-state index in [1.165, 1.54) is 11.6 Å². The number of aromatic nitrogens is 1. The van der Waals surface area contributed by atoms with E-state index in [2.05, 4.69) is 17.2 Å². The summed E-state index contributed by atoms with van der Waals surface area (Å²) in [5, 5.41) is 3.42. The van der Waals surface area contributed by atoms with Gasteiger partial charge in [-0.05, 0) is 36.6 Å². The zero-order valence-electron chi connectivity index (χ0n) is 11.4. The quantitative estimate of drug-likeness (QED) is 0.883. The van der Waals surface area contributed by atoms with Crippen molar-refractivity contribution in [3.05, 3.63) is 65.2 Å². The van der Waals surface area contributed by atoms with Gasteiger partial charge >= 0.3 is 0 Å². The Hall–Kier alpha value is -1.74. The second-order valence-electron chi connectivity index (χ2n) is 4.67. The van der Waals surface area contributed by atoms with E-state index in [0.717, 1.165) is 24.1 Å². The first kappa shape index (κ1) is 13.7. The molecule has 1 heterocycles. The molecule has 2 rings (SSSR count). The third-order valence-corrected chi connectivity index (χ3v) is 3.36. The van der Waals surface area contributed by atoms with E-state index in [1.807, 2.05) is 31.3 Å². The molecule has 0 spiro atoms. The zero-order chi connectivity index (χ0) is 13.7. The van der Waals surface area contributed by atoms with Crippen molar-refractivity contribution in [2.75, 3.05) is 0 Å². The van der Waals surface area contributed by atoms with Gasteiger partial charge in [0.25, 0.3) is 0 Å². The van der Waals surface area contributed by atoms with Crippen LogP contribution < -0.4 is 5.32 Å². The second-order valence-corrected chi connectivity index (χ2v) is 4.67. The zero-order valence-corrected chi connectivity index (χ0v) is 11.4. The van der Waals surface area contributed by atoms with Gasteiger partial charge in [-0.15, -0.1) is 0 Å². The average molecular weight is 258 g/mol. The Morgan fingerprint density at radius 2 is 2.05 bits per heavy atom. The fraction of sp³-hybridized carbons (Fsp3) is 0.312. The van der Waals surface area contributed by atoms with Crippen LogP contribution in [0.3, 0.4) is 0 Å². The summed E-state index contributed by atoms with van der Waals surface area (Å²) in [6, 6.07) is 8.98. The van der Waals surface area contributed by atoms with Gasteiger partial charge < -0.3 is 5.32 Å². The highest BCUT2D eigenvalue weighted by atomic mass is 19.1. The lowest BCUT2D eigenvalue weighted by atomic mass is 10.0. The Morgan fingerprint density at radius 1 is 1.26 bits per heavy atom. The Balaban J connectivity index is 2.09. The number of aryl methyl sites for hydroxylation is 1. The Labute approximate surface area is 113 Å². The van der Waals surface area contributed by atoms with E-state index in [-0.39, 0.29) is 11.9 Å². The first-order valence-corrected chi connectivity index (χ1v) is 6.59. The molecule has 2 nitrogen and oxygen atoms in total. The topological polar surface area (TPSA) is 24.9 Å². The highest BCUT2D eigenvalue weighted by molar-refractivity contribution is 5.24. The molecule has 0 bridgehead atoms. The first-order chi connectivity index (χ1) is 9.22. The van der Waals surface area contributed by atoms with Crippen LogP contribution in [0.1, 0.15) is 36.1 Å². The molecule has 2 aromatic rings. The molecule has 0 aliphatic carbocycles. The lowest BCUT2D eigenvalue weighted by Gasteiger charge is -2.18. The number of nitrogens with zero attached hydrogens (tertiary/aromatic N) is 1. The molecular formula is C16H19FN2. The van der Waals surface area contributed by atoms with Gasteiger partial charge in [0.05, 0.1) is 0 Å². The number of hydrogen-bond acceptors (Lipinski definition) is 2. The van der Waals surface area contributed by atoms with E-state index >= 15 is 0 Å². The molecule has 0 saturated heterocycles. The van der Waals surface area contributed by atoms with Crippen LogP contribution in [0.5, 0.6) is 0 Å². The highest BCUT2D eigenvalue weighted by Crippen LogP contribution is 2.20. The maximum Gasteiger partial charge on any atom is 0.127 e. The molecule has 0 saturated carbocycles. The van der Waals surface area contributed by atoms with Gasteiger partial charge in [-0.3, -0.25) is 4.98 Å². The number of hydrogen-bond donors (Lipinski definition) is 1. The predicted octanol–water partition coefficient (Wildman–Crippen LogP) is 3.77. The molecule has 0 aliphatic heterocycles. The molecule has 0 fully saturated rings. The minimum absolute atomic E-state index is 0.0359. The molecule has 100 valence electrons. The standard InChI is InChI=1S/C16H19FN2/c1-3-16(14-6-4-5-7-15(14)17)19-11-13-8-9-18-10-12(13)2/h4-10,16,19H,3,11H2,1-2H3. The van der Waals surface area contributed by atoms with E-state index < -0.39 is 0 Å². The summed E-state index contributed by atoms with van der Waals surface area (Å²) in [5.41, 5.74) is 3.08. The van der Waals surface area contributed by atoms with Gasteiger partial charge in [-0.25, -0.2) is 4.39 Å². The maximum atomic E-state index is 13.8. The molecule has 1 atom stereocenters. The molecule has 1 aromatic carbocycles. The minimum atomic E-state index is -0.145. The summed E-state index contributed by atoms with van der Waals surface area (Å²) in [6.45, 7) is 4.82. The van der Waals surface area contributed by atoms with E-state index in [4.69, 9.17) is 0 Å². The van der Waals surface area contributed by atoms with Crippen LogP contribution in [0.2, 0.25) is 0 Å². The lowest BCUT2D eigenvalue weighted by Crippen LogP contribution is -2.21. The lowest BCUT2D eigenvalue weighted by molar-refractivity contribution is 0.487. The van der Waals surface area contributed by atoms with Crippen molar-refractivity contribution in [1.82, 2.24) is 10.3 Å². The summed E-state index contributed by atoms with van der Waals surface area (Å²) >= 11 is 0. The van der Waals surface area contributed by atoms with Crippen LogP contribution in [0.25, 0.3) is 0 Å². The number of rotatable bonds is 5. The third-order valence-electron chi connectivity index (χ3n) is 3.36. The number of halogens is 1. The summed E-state index contributed by atoms with van der Waals surface area (Å²) in [4.78, 5) is 4.08. The van der Waals surface area contributed by atoms with Gasteiger partial charge in [0.15, 0.2) is 0 Å². The van der Waals surface area contributed by atoms with E-state index in [1.54, 1.807) is 12.3 Å². The van der Waals surface area contributed by atoms with Crippen LogP contribution in [-0.2, 0) is 6.54 Å². The Kier molecular flexibility index (Phi) is 4.63. The first-order valence-electron chi connectivity index (χ1n) is 6.59. The van der Waals surface area contributed by atoms with Crippen molar-refractivity contribution >= 4 is 0 Å². The molecular weight excluding hydrogens is 239 g/mol. The summed E-state index contributed by atoms with van der Waals surface area (Å²) in [6.07, 6.45) is 4.49. The van der Waals surface area contributed by atoms with Gasteiger partial charge in [-0.1, -0.05) is 25.1 Å². The molecule has 1 N–H and O–H groups in total.